The van der Waals surface area contributed by atoms with Crippen LogP contribution in [0.15, 0.2) is 29.0 Å². The van der Waals surface area contributed by atoms with Gasteiger partial charge in [0.25, 0.3) is 5.91 Å². The highest BCUT2D eigenvalue weighted by Crippen LogP contribution is 2.19. The third-order valence-electron chi connectivity index (χ3n) is 2.32. The van der Waals surface area contributed by atoms with Crippen LogP contribution in [0.2, 0.25) is 0 Å². The van der Waals surface area contributed by atoms with Gasteiger partial charge in [0.05, 0.1) is 19.1 Å². The Bertz CT molecular complexity index is 509. The zero-order valence-electron chi connectivity index (χ0n) is 9.71. The Morgan fingerprint density at radius 3 is 3.06 bits per heavy atom. The first kappa shape index (κ1) is 12.6. The lowest BCUT2D eigenvalue weighted by Crippen LogP contribution is -2.29. The number of amides is 1. The number of thiazole rings is 1. The van der Waals surface area contributed by atoms with E-state index in [0.717, 1.165) is 0 Å². The van der Waals surface area contributed by atoms with Gasteiger partial charge in [-0.3, -0.25) is 4.79 Å². The third-order valence-corrected chi connectivity index (χ3v) is 3.33. The number of furan rings is 1. The van der Waals surface area contributed by atoms with Crippen LogP contribution >= 0.6 is 11.3 Å². The van der Waals surface area contributed by atoms with Gasteiger partial charge >= 0.3 is 0 Å². The topological polar surface area (TPSA) is 87.4 Å². The minimum Gasteiger partial charge on any atom is -0.467 e. The zero-order valence-corrected chi connectivity index (χ0v) is 10.5. The molecule has 2 aromatic rings. The van der Waals surface area contributed by atoms with Crippen LogP contribution in [0.4, 0.5) is 5.13 Å². The summed E-state index contributed by atoms with van der Waals surface area (Å²) in [5.74, 6) is 0.230. The molecule has 1 unspecified atom stereocenters. The molecule has 18 heavy (non-hydrogen) atoms. The summed E-state index contributed by atoms with van der Waals surface area (Å²) >= 11 is 1.24. The molecule has 0 aliphatic heterocycles. The van der Waals surface area contributed by atoms with Gasteiger partial charge in [-0.25, -0.2) is 4.98 Å². The number of carbonyl (C=O) groups excluding carboxylic acids is 1. The van der Waals surface area contributed by atoms with E-state index in [0.29, 0.717) is 15.8 Å². The zero-order chi connectivity index (χ0) is 13.0. The van der Waals surface area contributed by atoms with Crippen LogP contribution in [-0.4, -0.2) is 29.7 Å². The third kappa shape index (κ3) is 2.69. The molecule has 6 nitrogen and oxygen atoms in total. The van der Waals surface area contributed by atoms with Crippen LogP contribution in [0.3, 0.4) is 0 Å². The first-order chi connectivity index (χ1) is 8.74. The molecule has 2 heterocycles. The normalized spacial score (nSPS) is 12.1. The molecule has 1 amide bonds. The molecular weight excluding hydrogens is 254 g/mol. The first-order valence-corrected chi connectivity index (χ1v) is 6.15. The number of aromatic nitrogens is 1. The Balaban J connectivity index is 2.06. The fourth-order valence-electron chi connectivity index (χ4n) is 1.42. The number of nitrogens with zero attached hydrogens (tertiary/aromatic N) is 1. The minimum absolute atomic E-state index is 0.225. The number of hydrogen-bond acceptors (Lipinski definition) is 6. The predicted molar refractivity (Wildman–Crippen MR) is 67.7 cm³/mol. The number of aliphatic hydroxyl groups excluding tert-OH is 1. The van der Waals surface area contributed by atoms with Crippen LogP contribution in [0.25, 0.3) is 0 Å². The van der Waals surface area contributed by atoms with Crippen molar-refractivity contribution in [2.24, 2.45) is 0 Å². The van der Waals surface area contributed by atoms with Crippen LogP contribution in [0.5, 0.6) is 0 Å². The van der Waals surface area contributed by atoms with Crippen molar-refractivity contribution in [3.63, 3.8) is 0 Å². The lowest BCUT2D eigenvalue weighted by molar-refractivity contribution is 0.0911. The Kier molecular flexibility index (Phi) is 3.96. The molecule has 2 aromatic heterocycles. The van der Waals surface area contributed by atoms with Gasteiger partial charge in [-0.05, 0) is 12.1 Å². The van der Waals surface area contributed by atoms with Gasteiger partial charge in [0, 0.05) is 7.05 Å². The second kappa shape index (κ2) is 5.65. The highest BCUT2D eigenvalue weighted by molar-refractivity contribution is 7.17. The quantitative estimate of drug-likeness (QED) is 0.758. The smallest absolute Gasteiger partial charge is 0.263 e. The van der Waals surface area contributed by atoms with Gasteiger partial charge in [0.15, 0.2) is 5.13 Å². The molecular formula is C11H13N3O3S. The van der Waals surface area contributed by atoms with Gasteiger partial charge in [0.2, 0.25) is 0 Å². The fourth-order valence-corrected chi connectivity index (χ4v) is 2.09. The SMILES string of the molecule is CNc1ncc(C(=O)NC(CO)c2ccco2)s1. The van der Waals surface area contributed by atoms with Crippen molar-refractivity contribution in [2.45, 2.75) is 6.04 Å². The fraction of sp³-hybridized carbons (Fsp3) is 0.273. The number of carbonyl (C=O) groups is 1. The van der Waals surface area contributed by atoms with E-state index in [-0.39, 0.29) is 12.5 Å². The molecule has 0 spiro atoms. The monoisotopic (exact) mass is 267 g/mol. The highest BCUT2D eigenvalue weighted by atomic mass is 32.1. The van der Waals surface area contributed by atoms with E-state index >= 15 is 0 Å². The average molecular weight is 267 g/mol. The molecule has 0 aromatic carbocycles. The Hall–Kier alpha value is -1.86. The number of hydrogen-bond donors (Lipinski definition) is 3. The summed E-state index contributed by atoms with van der Waals surface area (Å²) in [7, 11) is 1.74. The first-order valence-electron chi connectivity index (χ1n) is 5.33. The number of rotatable bonds is 5. The minimum atomic E-state index is -0.548. The van der Waals surface area contributed by atoms with Crippen molar-refractivity contribution in [3.8, 4) is 0 Å². The molecule has 0 bridgehead atoms. The van der Waals surface area contributed by atoms with Crippen molar-refractivity contribution in [1.29, 1.82) is 0 Å². The maximum absolute atomic E-state index is 11.9. The summed E-state index contributed by atoms with van der Waals surface area (Å²) in [5.41, 5.74) is 0. The van der Waals surface area contributed by atoms with Crippen molar-refractivity contribution in [1.82, 2.24) is 10.3 Å². The molecule has 0 saturated carbocycles. The molecule has 96 valence electrons. The second-order valence-corrected chi connectivity index (χ2v) is 4.53. The summed E-state index contributed by atoms with van der Waals surface area (Å²) in [6.07, 6.45) is 2.98. The number of anilines is 1. The van der Waals surface area contributed by atoms with Gasteiger partial charge in [-0.2, -0.15) is 0 Å². The largest absolute Gasteiger partial charge is 0.467 e. The van der Waals surface area contributed by atoms with E-state index in [4.69, 9.17) is 4.42 Å². The molecule has 2 rings (SSSR count). The number of aliphatic hydroxyl groups is 1. The van der Waals surface area contributed by atoms with Crippen LogP contribution in [0.1, 0.15) is 21.5 Å². The van der Waals surface area contributed by atoms with Gasteiger partial charge in [0.1, 0.15) is 16.7 Å². The summed E-state index contributed by atoms with van der Waals surface area (Å²) in [4.78, 5) is 16.4. The van der Waals surface area contributed by atoms with Crippen LogP contribution in [0, 0.1) is 0 Å². The van der Waals surface area contributed by atoms with Crippen molar-refractivity contribution in [2.75, 3.05) is 19.0 Å². The molecule has 1 atom stereocenters. The van der Waals surface area contributed by atoms with Gasteiger partial charge in [-0.1, -0.05) is 11.3 Å². The Morgan fingerprint density at radius 2 is 2.50 bits per heavy atom. The van der Waals surface area contributed by atoms with E-state index in [1.807, 2.05) is 0 Å². The standard InChI is InChI=1S/C11H13N3O3S/c1-12-11-13-5-9(18-11)10(16)14-7(6-15)8-3-2-4-17-8/h2-5,7,15H,6H2,1H3,(H,12,13)(H,14,16). The summed E-state index contributed by atoms with van der Waals surface area (Å²) < 4.78 is 5.15. The van der Waals surface area contributed by atoms with Crippen molar-refractivity contribution in [3.05, 3.63) is 35.2 Å². The van der Waals surface area contributed by atoms with Crippen LogP contribution < -0.4 is 10.6 Å². The van der Waals surface area contributed by atoms with E-state index in [9.17, 15) is 9.90 Å². The molecule has 0 radical (unpaired) electrons. The van der Waals surface area contributed by atoms with Crippen molar-refractivity contribution < 1.29 is 14.3 Å². The number of nitrogens with one attached hydrogen (secondary N) is 2. The van der Waals surface area contributed by atoms with E-state index < -0.39 is 6.04 Å². The van der Waals surface area contributed by atoms with Gasteiger partial charge < -0.3 is 20.2 Å². The second-order valence-electron chi connectivity index (χ2n) is 3.50. The molecule has 0 aliphatic carbocycles. The van der Waals surface area contributed by atoms with Crippen molar-refractivity contribution >= 4 is 22.4 Å². The molecule has 0 saturated heterocycles. The van der Waals surface area contributed by atoms with E-state index in [1.54, 1.807) is 19.2 Å². The Labute approximate surface area is 108 Å². The summed E-state index contributed by atoms with van der Waals surface area (Å²) in [5, 5.41) is 15.5. The van der Waals surface area contributed by atoms with E-state index in [2.05, 4.69) is 15.6 Å². The summed E-state index contributed by atoms with van der Waals surface area (Å²) in [6.45, 7) is -0.225. The summed E-state index contributed by atoms with van der Waals surface area (Å²) in [6, 6.07) is 2.86. The molecule has 7 heteroatoms. The van der Waals surface area contributed by atoms with Gasteiger partial charge in [-0.15, -0.1) is 0 Å². The molecule has 0 aliphatic rings. The maximum Gasteiger partial charge on any atom is 0.263 e. The Morgan fingerprint density at radius 1 is 1.67 bits per heavy atom. The predicted octanol–water partition coefficient (Wildman–Crippen LogP) is 1.24. The lowest BCUT2D eigenvalue weighted by atomic mass is 10.2. The average Bonchev–Trinajstić information content (AvgIpc) is 3.05. The lowest BCUT2D eigenvalue weighted by Gasteiger charge is -2.12. The van der Waals surface area contributed by atoms with Crippen LogP contribution in [-0.2, 0) is 0 Å². The van der Waals surface area contributed by atoms with E-state index in [1.165, 1.54) is 23.8 Å². The maximum atomic E-state index is 11.9. The molecule has 3 N–H and O–H groups in total. The highest BCUT2D eigenvalue weighted by Gasteiger charge is 2.18. The molecule has 0 fully saturated rings.